The van der Waals surface area contributed by atoms with Crippen LogP contribution in [0, 0.1) is 0 Å². The number of hydrogen-bond donors (Lipinski definition) is 0. The molecule has 0 aliphatic carbocycles. The van der Waals surface area contributed by atoms with Gasteiger partial charge in [0, 0.05) is 37.7 Å². The van der Waals surface area contributed by atoms with Crippen LogP contribution in [-0.4, -0.2) is 48.2 Å². The highest BCUT2D eigenvalue weighted by Crippen LogP contribution is 2.22. The first-order valence-corrected chi connectivity index (χ1v) is 9.67. The minimum Gasteiger partial charge on any atom is -0.490 e. The van der Waals surface area contributed by atoms with Gasteiger partial charge >= 0.3 is 0 Å². The maximum atomic E-state index is 13.0. The van der Waals surface area contributed by atoms with Crippen molar-refractivity contribution in [1.29, 1.82) is 0 Å². The van der Waals surface area contributed by atoms with Crippen molar-refractivity contribution in [2.75, 3.05) is 26.3 Å². The second kappa shape index (κ2) is 8.97. The van der Waals surface area contributed by atoms with Gasteiger partial charge in [0.1, 0.15) is 12.4 Å². The molecule has 1 amide bonds. The summed E-state index contributed by atoms with van der Waals surface area (Å²) in [5.41, 5.74) is 0.612. The van der Waals surface area contributed by atoms with Crippen molar-refractivity contribution in [3.63, 3.8) is 0 Å². The average molecular weight is 360 g/mol. The van der Waals surface area contributed by atoms with Gasteiger partial charge in [0.05, 0.1) is 16.7 Å². The van der Waals surface area contributed by atoms with Crippen molar-refractivity contribution in [3.05, 3.63) is 46.4 Å². The number of amides is 1. The van der Waals surface area contributed by atoms with Crippen LogP contribution in [0.2, 0.25) is 0 Å². The largest absolute Gasteiger partial charge is 0.490 e. The number of aromatic nitrogens is 1. The maximum absolute atomic E-state index is 13.0. The fraction of sp³-hybridized carbons (Fsp3) is 0.474. The van der Waals surface area contributed by atoms with Crippen molar-refractivity contribution in [1.82, 2.24) is 9.88 Å². The highest BCUT2D eigenvalue weighted by Gasteiger charge is 2.21. The van der Waals surface area contributed by atoms with Crippen LogP contribution in [-0.2, 0) is 11.2 Å². The van der Waals surface area contributed by atoms with Crippen LogP contribution in [0.3, 0.4) is 0 Å². The molecule has 0 bridgehead atoms. The summed E-state index contributed by atoms with van der Waals surface area (Å²) < 4.78 is 11.5. The van der Waals surface area contributed by atoms with Crippen LogP contribution in [0.15, 0.2) is 35.8 Å². The SMILES string of the molecule is CCN(CCc1nccs1)C(=O)c1ccccc1OCC1CCCO1. The third-order valence-electron chi connectivity index (χ3n) is 4.31. The number of nitrogens with zero attached hydrogens (tertiary/aromatic N) is 2. The molecule has 1 aromatic carbocycles. The number of carbonyl (C=O) groups is 1. The Kier molecular flexibility index (Phi) is 6.42. The first-order valence-electron chi connectivity index (χ1n) is 8.79. The van der Waals surface area contributed by atoms with Crippen LogP contribution in [0.25, 0.3) is 0 Å². The summed E-state index contributed by atoms with van der Waals surface area (Å²) >= 11 is 1.62. The lowest BCUT2D eigenvalue weighted by molar-refractivity contribution is 0.0653. The summed E-state index contributed by atoms with van der Waals surface area (Å²) in [6.45, 7) is 4.60. The minimum atomic E-state index is 0.00185. The van der Waals surface area contributed by atoms with Crippen LogP contribution in [0.5, 0.6) is 5.75 Å². The number of para-hydroxylation sites is 1. The van der Waals surface area contributed by atoms with Gasteiger partial charge in [-0.3, -0.25) is 4.79 Å². The Morgan fingerprint density at radius 3 is 3.04 bits per heavy atom. The standard InChI is InChI=1S/C19H24N2O3S/c1-2-21(11-9-18-20-10-13-25-18)19(22)16-7-3-4-8-17(16)24-14-15-6-5-12-23-15/h3-4,7-8,10,13,15H,2,5-6,9,11-12,14H2,1H3. The number of rotatable bonds is 8. The van der Waals surface area contributed by atoms with Gasteiger partial charge in [-0.25, -0.2) is 4.98 Å². The molecular formula is C19H24N2O3S. The van der Waals surface area contributed by atoms with Gasteiger partial charge in [-0.15, -0.1) is 11.3 Å². The lowest BCUT2D eigenvalue weighted by Crippen LogP contribution is -2.33. The number of likely N-dealkylation sites (N-methyl/N-ethyl adjacent to an activating group) is 1. The molecule has 1 aromatic heterocycles. The molecule has 5 nitrogen and oxygen atoms in total. The lowest BCUT2D eigenvalue weighted by Gasteiger charge is -2.22. The molecular weight excluding hydrogens is 336 g/mol. The van der Waals surface area contributed by atoms with E-state index in [-0.39, 0.29) is 12.0 Å². The number of benzene rings is 1. The third-order valence-corrected chi connectivity index (χ3v) is 5.15. The molecule has 0 radical (unpaired) electrons. The van der Waals surface area contributed by atoms with E-state index in [4.69, 9.17) is 9.47 Å². The summed E-state index contributed by atoms with van der Waals surface area (Å²) in [6.07, 6.45) is 4.80. The van der Waals surface area contributed by atoms with Crippen molar-refractivity contribution in [2.45, 2.75) is 32.3 Å². The van der Waals surface area contributed by atoms with E-state index in [1.807, 2.05) is 41.5 Å². The van der Waals surface area contributed by atoms with E-state index in [9.17, 15) is 4.79 Å². The predicted molar refractivity (Wildman–Crippen MR) is 98.3 cm³/mol. The molecule has 6 heteroatoms. The lowest BCUT2D eigenvalue weighted by atomic mass is 10.1. The second-order valence-electron chi connectivity index (χ2n) is 6.00. The van der Waals surface area contributed by atoms with Gasteiger partial charge in [0.15, 0.2) is 0 Å². The van der Waals surface area contributed by atoms with Gasteiger partial charge in [-0.05, 0) is 31.9 Å². The van der Waals surface area contributed by atoms with E-state index >= 15 is 0 Å². The average Bonchev–Trinajstić information content (AvgIpc) is 3.34. The van der Waals surface area contributed by atoms with Gasteiger partial charge < -0.3 is 14.4 Å². The first kappa shape index (κ1) is 17.9. The predicted octanol–water partition coefficient (Wildman–Crippen LogP) is 3.41. The molecule has 25 heavy (non-hydrogen) atoms. The summed E-state index contributed by atoms with van der Waals surface area (Å²) in [5.74, 6) is 0.637. The molecule has 1 atom stereocenters. The molecule has 1 aliphatic rings. The fourth-order valence-electron chi connectivity index (χ4n) is 2.91. The highest BCUT2D eigenvalue weighted by molar-refractivity contribution is 7.09. The summed E-state index contributed by atoms with van der Waals surface area (Å²) in [5, 5.41) is 3.01. The molecule has 134 valence electrons. The van der Waals surface area contributed by atoms with E-state index in [1.54, 1.807) is 17.5 Å². The Morgan fingerprint density at radius 2 is 2.32 bits per heavy atom. The summed E-state index contributed by atoms with van der Waals surface area (Å²) in [7, 11) is 0. The zero-order valence-corrected chi connectivity index (χ0v) is 15.3. The molecule has 2 aromatic rings. The van der Waals surface area contributed by atoms with Crippen molar-refractivity contribution in [3.8, 4) is 5.75 Å². The maximum Gasteiger partial charge on any atom is 0.257 e. The zero-order valence-electron chi connectivity index (χ0n) is 14.5. The topological polar surface area (TPSA) is 51.7 Å². The Balaban J connectivity index is 1.64. The molecule has 1 fully saturated rings. The van der Waals surface area contributed by atoms with Crippen molar-refractivity contribution in [2.24, 2.45) is 0 Å². The molecule has 1 unspecified atom stereocenters. The Labute approximate surface area is 152 Å². The van der Waals surface area contributed by atoms with E-state index in [0.29, 0.717) is 31.0 Å². The van der Waals surface area contributed by atoms with Gasteiger partial charge in [-0.2, -0.15) is 0 Å². The first-order chi connectivity index (χ1) is 12.3. The third kappa shape index (κ3) is 4.80. The molecule has 3 rings (SSSR count). The van der Waals surface area contributed by atoms with Crippen LogP contribution in [0.4, 0.5) is 0 Å². The highest BCUT2D eigenvalue weighted by atomic mass is 32.1. The summed E-state index contributed by atoms with van der Waals surface area (Å²) in [6, 6.07) is 7.46. The monoisotopic (exact) mass is 360 g/mol. The quantitative estimate of drug-likeness (QED) is 0.724. The van der Waals surface area contributed by atoms with Crippen molar-refractivity contribution >= 4 is 17.2 Å². The Hall–Kier alpha value is -1.92. The minimum absolute atomic E-state index is 0.00185. The van der Waals surface area contributed by atoms with E-state index < -0.39 is 0 Å². The van der Waals surface area contributed by atoms with Crippen LogP contribution < -0.4 is 4.74 Å². The summed E-state index contributed by atoms with van der Waals surface area (Å²) in [4.78, 5) is 19.1. The van der Waals surface area contributed by atoms with Gasteiger partial charge in [0.2, 0.25) is 0 Å². The van der Waals surface area contributed by atoms with Crippen LogP contribution in [0.1, 0.15) is 35.1 Å². The van der Waals surface area contributed by atoms with Gasteiger partial charge in [0.25, 0.3) is 5.91 Å². The molecule has 0 saturated carbocycles. The molecule has 1 aliphatic heterocycles. The fourth-order valence-corrected chi connectivity index (χ4v) is 3.52. The molecule has 0 N–H and O–H groups in total. The second-order valence-corrected chi connectivity index (χ2v) is 6.98. The normalized spacial score (nSPS) is 16.8. The molecule has 0 spiro atoms. The van der Waals surface area contributed by atoms with Crippen molar-refractivity contribution < 1.29 is 14.3 Å². The number of ether oxygens (including phenoxy) is 2. The van der Waals surface area contributed by atoms with E-state index in [1.165, 1.54) is 0 Å². The number of thiazole rings is 1. The smallest absolute Gasteiger partial charge is 0.257 e. The van der Waals surface area contributed by atoms with Gasteiger partial charge in [-0.1, -0.05) is 12.1 Å². The molecule has 1 saturated heterocycles. The van der Waals surface area contributed by atoms with Crippen LogP contribution >= 0.6 is 11.3 Å². The van der Waals surface area contributed by atoms with E-state index in [2.05, 4.69) is 4.98 Å². The number of hydrogen-bond acceptors (Lipinski definition) is 5. The Bertz CT molecular complexity index is 669. The number of carbonyl (C=O) groups excluding carboxylic acids is 1. The zero-order chi connectivity index (χ0) is 17.5. The molecule has 2 heterocycles. The van der Waals surface area contributed by atoms with E-state index in [0.717, 1.165) is 30.9 Å². The Morgan fingerprint density at radius 1 is 1.44 bits per heavy atom.